The van der Waals surface area contributed by atoms with Crippen LogP contribution >= 0.6 is 15.9 Å². The summed E-state index contributed by atoms with van der Waals surface area (Å²) in [6.07, 6.45) is 2.37. The Labute approximate surface area is 101 Å². The number of hydrogen-bond acceptors (Lipinski definition) is 4. The molecule has 1 aromatic carbocycles. The van der Waals surface area contributed by atoms with Crippen LogP contribution in [0.3, 0.4) is 0 Å². The SMILES string of the molecule is NNc1nc(C2CC2)nc2cc(Br)ccc12. The highest BCUT2D eigenvalue weighted by Crippen LogP contribution is 2.39. The molecule has 1 aromatic heterocycles. The van der Waals surface area contributed by atoms with Gasteiger partial charge in [0, 0.05) is 15.8 Å². The van der Waals surface area contributed by atoms with Crippen molar-refractivity contribution >= 4 is 32.7 Å². The molecule has 0 spiro atoms. The van der Waals surface area contributed by atoms with Crippen molar-refractivity contribution in [1.82, 2.24) is 9.97 Å². The van der Waals surface area contributed by atoms with E-state index in [1.54, 1.807) is 0 Å². The Bertz CT molecular complexity index is 551. The molecule has 1 aliphatic rings. The number of anilines is 1. The topological polar surface area (TPSA) is 63.8 Å². The van der Waals surface area contributed by atoms with E-state index in [2.05, 4.69) is 31.3 Å². The molecule has 0 amide bonds. The third-order valence-corrected chi connectivity index (χ3v) is 3.25. The summed E-state index contributed by atoms with van der Waals surface area (Å²) in [6, 6.07) is 5.92. The molecule has 3 N–H and O–H groups in total. The Kier molecular flexibility index (Phi) is 2.29. The largest absolute Gasteiger partial charge is 0.308 e. The van der Waals surface area contributed by atoms with Crippen LogP contribution in [0.4, 0.5) is 5.82 Å². The maximum atomic E-state index is 5.49. The van der Waals surface area contributed by atoms with Crippen molar-refractivity contribution in [2.45, 2.75) is 18.8 Å². The van der Waals surface area contributed by atoms with Crippen molar-refractivity contribution in [3.05, 3.63) is 28.5 Å². The van der Waals surface area contributed by atoms with Gasteiger partial charge in [0.15, 0.2) is 5.82 Å². The second kappa shape index (κ2) is 3.68. The summed E-state index contributed by atoms with van der Waals surface area (Å²) < 4.78 is 1.02. The van der Waals surface area contributed by atoms with Crippen molar-refractivity contribution in [1.29, 1.82) is 0 Å². The Balaban J connectivity index is 2.26. The van der Waals surface area contributed by atoms with Gasteiger partial charge in [-0.05, 0) is 31.0 Å². The van der Waals surface area contributed by atoms with Gasteiger partial charge in [0.25, 0.3) is 0 Å². The number of nitrogen functional groups attached to an aromatic ring is 1. The molecule has 0 bridgehead atoms. The summed E-state index contributed by atoms with van der Waals surface area (Å²) >= 11 is 3.44. The second-order valence-electron chi connectivity index (χ2n) is 4.01. The fraction of sp³-hybridized carbons (Fsp3) is 0.273. The molecule has 1 heterocycles. The van der Waals surface area contributed by atoms with Crippen LogP contribution in [0.15, 0.2) is 22.7 Å². The Morgan fingerprint density at radius 3 is 2.81 bits per heavy atom. The van der Waals surface area contributed by atoms with Gasteiger partial charge in [0.1, 0.15) is 5.82 Å². The first kappa shape index (κ1) is 9.99. The van der Waals surface area contributed by atoms with Gasteiger partial charge in [-0.2, -0.15) is 0 Å². The third kappa shape index (κ3) is 1.66. The first-order chi connectivity index (χ1) is 7.78. The molecule has 82 valence electrons. The highest BCUT2D eigenvalue weighted by Gasteiger charge is 2.27. The number of nitrogens with two attached hydrogens (primary N) is 1. The lowest BCUT2D eigenvalue weighted by molar-refractivity contribution is 0.946. The van der Waals surface area contributed by atoms with Crippen molar-refractivity contribution < 1.29 is 0 Å². The Morgan fingerprint density at radius 1 is 1.31 bits per heavy atom. The van der Waals surface area contributed by atoms with Gasteiger partial charge in [0.2, 0.25) is 0 Å². The van der Waals surface area contributed by atoms with Crippen LogP contribution in [0.25, 0.3) is 10.9 Å². The van der Waals surface area contributed by atoms with Crippen molar-refractivity contribution in [3.63, 3.8) is 0 Å². The van der Waals surface area contributed by atoms with Gasteiger partial charge in [-0.25, -0.2) is 15.8 Å². The summed E-state index contributed by atoms with van der Waals surface area (Å²) in [4.78, 5) is 9.02. The van der Waals surface area contributed by atoms with Gasteiger partial charge >= 0.3 is 0 Å². The fourth-order valence-corrected chi connectivity index (χ4v) is 2.10. The molecule has 3 rings (SSSR count). The minimum atomic E-state index is 0.524. The summed E-state index contributed by atoms with van der Waals surface area (Å²) in [5.41, 5.74) is 3.58. The van der Waals surface area contributed by atoms with E-state index < -0.39 is 0 Å². The summed E-state index contributed by atoms with van der Waals surface area (Å²) in [5.74, 6) is 7.62. The molecule has 0 saturated heterocycles. The molecule has 5 heteroatoms. The van der Waals surface area contributed by atoms with Crippen molar-refractivity contribution in [2.24, 2.45) is 5.84 Å². The van der Waals surface area contributed by atoms with Crippen LogP contribution in [0, 0.1) is 0 Å². The van der Waals surface area contributed by atoms with Gasteiger partial charge in [-0.1, -0.05) is 15.9 Å². The molecule has 1 fully saturated rings. The minimum Gasteiger partial charge on any atom is -0.308 e. The standard InChI is InChI=1S/C11H11BrN4/c12-7-3-4-8-9(5-7)14-10(6-1-2-6)15-11(8)16-13/h3-6H,1-2,13H2,(H,14,15,16). The molecule has 16 heavy (non-hydrogen) atoms. The number of nitrogens with one attached hydrogen (secondary N) is 1. The van der Waals surface area contributed by atoms with E-state index in [4.69, 9.17) is 5.84 Å². The van der Waals surface area contributed by atoms with E-state index in [1.807, 2.05) is 18.2 Å². The molecule has 2 aromatic rings. The molecule has 4 nitrogen and oxygen atoms in total. The number of nitrogens with zero attached hydrogens (tertiary/aromatic N) is 2. The van der Waals surface area contributed by atoms with Gasteiger partial charge in [-0.3, -0.25) is 0 Å². The van der Waals surface area contributed by atoms with E-state index in [-0.39, 0.29) is 0 Å². The molecule has 1 saturated carbocycles. The van der Waals surface area contributed by atoms with Gasteiger partial charge < -0.3 is 5.43 Å². The number of fused-ring (bicyclic) bond motifs is 1. The van der Waals surface area contributed by atoms with Crippen LogP contribution in [0.1, 0.15) is 24.6 Å². The molecule has 0 atom stereocenters. The quantitative estimate of drug-likeness (QED) is 0.655. The molecular weight excluding hydrogens is 268 g/mol. The molecular formula is C11H11BrN4. The normalized spacial score (nSPS) is 15.4. The van der Waals surface area contributed by atoms with E-state index in [9.17, 15) is 0 Å². The van der Waals surface area contributed by atoms with Gasteiger partial charge in [-0.15, -0.1) is 0 Å². The monoisotopic (exact) mass is 278 g/mol. The van der Waals surface area contributed by atoms with Crippen LogP contribution < -0.4 is 11.3 Å². The number of hydrazine groups is 1. The highest BCUT2D eigenvalue weighted by molar-refractivity contribution is 9.10. The lowest BCUT2D eigenvalue weighted by Crippen LogP contribution is -2.11. The average Bonchev–Trinajstić information content (AvgIpc) is 3.10. The lowest BCUT2D eigenvalue weighted by atomic mass is 10.2. The second-order valence-corrected chi connectivity index (χ2v) is 4.93. The minimum absolute atomic E-state index is 0.524. The summed E-state index contributed by atoms with van der Waals surface area (Å²) in [6.45, 7) is 0. The van der Waals surface area contributed by atoms with Crippen molar-refractivity contribution in [3.8, 4) is 0 Å². The highest BCUT2D eigenvalue weighted by atomic mass is 79.9. The number of halogens is 1. The maximum absolute atomic E-state index is 5.49. The zero-order chi connectivity index (χ0) is 11.1. The Morgan fingerprint density at radius 2 is 2.12 bits per heavy atom. The first-order valence-electron chi connectivity index (χ1n) is 5.22. The number of rotatable bonds is 2. The summed E-state index contributed by atoms with van der Waals surface area (Å²) in [5, 5.41) is 0.954. The molecule has 0 radical (unpaired) electrons. The Hall–Kier alpha value is -1.20. The lowest BCUT2D eigenvalue weighted by Gasteiger charge is -2.07. The van der Waals surface area contributed by atoms with Crippen LogP contribution in [-0.2, 0) is 0 Å². The maximum Gasteiger partial charge on any atom is 0.151 e. The van der Waals surface area contributed by atoms with Crippen LogP contribution in [-0.4, -0.2) is 9.97 Å². The molecule has 1 aliphatic carbocycles. The van der Waals surface area contributed by atoms with E-state index in [0.717, 1.165) is 21.2 Å². The number of benzene rings is 1. The zero-order valence-electron chi connectivity index (χ0n) is 8.57. The summed E-state index contributed by atoms with van der Waals surface area (Å²) in [7, 11) is 0. The fourth-order valence-electron chi connectivity index (χ4n) is 1.75. The van der Waals surface area contributed by atoms with Crippen molar-refractivity contribution in [2.75, 3.05) is 5.43 Å². The van der Waals surface area contributed by atoms with Gasteiger partial charge in [0.05, 0.1) is 5.52 Å². The molecule has 0 unspecified atom stereocenters. The van der Waals surface area contributed by atoms with E-state index in [1.165, 1.54) is 12.8 Å². The van der Waals surface area contributed by atoms with Crippen LogP contribution in [0.2, 0.25) is 0 Å². The zero-order valence-corrected chi connectivity index (χ0v) is 10.2. The van der Waals surface area contributed by atoms with E-state index >= 15 is 0 Å². The van der Waals surface area contributed by atoms with E-state index in [0.29, 0.717) is 11.7 Å². The third-order valence-electron chi connectivity index (χ3n) is 2.76. The number of hydrogen-bond donors (Lipinski definition) is 2. The first-order valence-corrected chi connectivity index (χ1v) is 6.01. The average molecular weight is 279 g/mol. The smallest absolute Gasteiger partial charge is 0.151 e. The predicted molar refractivity (Wildman–Crippen MR) is 67.0 cm³/mol. The molecule has 0 aliphatic heterocycles. The van der Waals surface area contributed by atoms with Crippen LogP contribution in [0.5, 0.6) is 0 Å². The number of aromatic nitrogens is 2. The predicted octanol–water partition coefficient (Wildman–Crippen LogP) is 2.56.